The largest absolute Gasteiger partial charge is 1.00 e. The molecule has 0 aromatic heterocycles. The van der Waals surface area contributed by atoms with Gasteiger partial charge in [-0.05, 0) is 98.5 Å². The van der Waals surface area contributed by atoms with E-state index in [9.17, 15) is 0 Å². The zero-order chi connectivity index (χ0) is 25.5. The van der Waals surface area contributed by atoms with E-state index < -0.39 is 7.26 Å². The second kappa shape index (κ2) is 12.9. The van der Waals surface area contributed by atoms with Gasteiger partial charge in [-0.1, -0.05) is 72.3 Å². The lowest BCUT2D eigenvalue weighted by atomic mass is 9.96. The van der Waals surface area contributed by atoms with Crippen LogP contribution in [0.25, 0.3) is 6.08 Å². The SMILES string of the molecule is COc1cc(C)c(C=C/C(C)=C/C[P+](c2ccccc2)(c2ccccc2)c2ccccc2)c(C)c1C.[Cl-]. The fourth-order valence-corrected chi connectivity index (χ4v) is 9.04. The second-order valence-corrected chi connectivity index (χ2v) is 12.9. The Hall–Kier alpha value is -3.12. The first-order valence-electron chi connectivity index (χ1n) is 12.5. The molecule has 3 heteroatoms. The monoisotopic (exact) mass is 526 g/mol. The van der Waals surface area contributed by atoms with Crippen LogP contribution in [0.4, 0.5) is 0 Å². The van der Waals surface area contributed by atoms with Gasteiger partial charge in [-0.15, -0.1) is 0 Å². The summed E-state index contributed by atoms with van der Waals surface area (Å²) in [5.74, 6) is 0.956. The van der Waals surface area contributed by atoms with Crippen LogP contribution >= 0.6 is 7.26 Å². The van der Waals surface area contributed by atoms with E-state index in [0.717, 1.165) is 11.9 Å². The number of aryl methyl sites for hydroxylation is 1. The third-order valence-corrected chi connectivity index (χ3v) is 11.4. The van der Waals surface area contributed by atoms with Gasteiger partial charge in [-0.2, -0.15) is 0 Å². The molecule has 4 aromatic carbocycles. The highest BCUT2D eigenvalue weighted by Crippen LogP contribution is 2.55. The smallest absolute Gasteiger partial charge is 0.122 e. The van der Waals surface area contributed by atoms with Gasteiger partial charge >= 0.3 is 0 Å². The zero-order valence-electron chi connectivity index (χ0n) is 22.4. The Morgan fingerprint density at radius 2 is 1.19 bits per heavy atom. The van der Waals surface area contributed by atoms with E-state index in [2.05, 4.69) is 143 Å². The number of hydrogen-bond donors (Lipinski definition) is 0. The molecule has 0 aliphatic carbocycles. The van der Waals surface area contributed by atoms with Gasteiger partial charge in [0.15, 0.2) is 0 Å². The van der Waals surface area contributed by atoms with E-state index >= 15 is 0 Å². The second-order valence-electron chi connectivity index (χ2n) is 9.34. The molecule has 0 heterocycles. The van der Waals surface area contributed by atoms with E-state index in [1.807, 2.05) is 0 Å². The van der Waals surface area contributed by atoms with Gasteiger partial charge in [-0.25, -0.2) is 0 Å². The molecule has 37 heavy (non-hydrogen) atoms. The molecule has 4 rings (SSSR count). The van der Waals surface area contributed by atoms with Crippen molar-refractivity contribution < 1.29 is 17.1 Å². The van der Waals surface area contributed by atoms with Gasteiger partial charge in [0, 0.05) is 0 Å². The molecule has 4 aromatic rings. The van der Waals surface area contributed by atoms with Crippen LogP contribution < -0.4 is 33.1 Å². The molecule has 0 amide bonds. The first-order valence-corrected chi connectivity index (χ1v) is 14.5. The molecule has 0 bridgehead atoms. The first kappa shape index (κ1) is 28.5. The number of halogens is 1. The normalized spacial score (nSPS) is 11.9. The van der Waals surface area contributed by atoms with Crippen LogP contribution in [0, 0.1) is 20.8 Å². The maximum Gasteiger partial charge on any atom is 0.122 e. The van der Waals surface area contributed by atoms with Gasteiger partial charge in [0.05, 0.1) is 13.3 Å². The van der Waals surface area contributed by atoms with Gasteiger partial charge in [0.2, 0.25) is 0 Å². The fraction of sp³-hybridized carbons (Fsp3) is 0.176. The molecule has 0 spiro atoms. The van der Waals surface area contributed by atoms with Crippen molar-refractivity contribution in [3.63, 3.8) is 0 Å². The van der Waals surface area contributed by atoms with Crippen LogP contribution in [0.15, 0.2) is 115 Å². The minimum absolute atomic E-state index is 0. The third kappa shape index (κ3) is 6.07. The highest BCUT2D eigenvalue weighted by atomic mass is 35.5. The summed E-state index contributed by atoms with van der Waals surface area (Å²) in [7, 11) is -0.126. The minimum Gasteiger partial charge on any atom is -1.00 e. The molecule has 0 unspecified atom stereocenters. The molecule has 0 fully saturated rings. The molecule has 0 atom stereocenters. The molecule has 0 saturated heterocycles. The number of rotatable bonds is 8. The van der Waals surface area contributed by atoms with Crippen molar-refractivity contribution >= 4 is 29.3 Å². The van der Waals surface area contributed by atoms with E-state index in [1.54, 1.807) is 7.11 Å². The van der Waals surface area contributed by atoms with Crippen molar-refractivity contribution in [2.24, 2.45) is 0 Å². The molecule has 1 nitrogen and oxygen atoms in total. The predicted molar refractivity (Wildman–Crippen MR) is 160 cm³/mol. The number of benzene rings is 4. The van der Waals surface area contributed by atoms with Gasteiger partial charge in [0.1, 0.15) is 28.9 Å². The van der Waals surface area contributed by atoms with Crippen molar-refractivity contribution in [1.82, 2.24) is 0 Å². The van der Waals surface area contributed by atoms with Crippen LogP contribution in [0.3, 0.4) is 0 Å². The Kier molecular flexibility index (Phi) is 9.93. The summed E-state index contributed by atoms with van der Waals surface area (Å²) in [6, 6.07) is 35.3. The first-order chi connectivity index (χ1) is 17.5. The Labute approximate surface area is 229 Å². The average molecular weight is 527 g/mol. The van der Waals surface area contributed by atoms with E-state index in [1.165, 1.54) is 43.7 Å². The maximum atomic E-state index is 5.56. The number of hydrogen-bond acceptors (Lipinski definition) is 1. The molecule has 0 radical (unpaired) electrons. The lowest BCUT2D eigenvalue weighted by Gasteiger charge is -2.26. The van der Waals surface area contributed by atoms with Crippen molar-refractivity contribution in [2.75, 3.05) is 13.3 Å². The van der Waals surface area contributed by atoms with Crippen LogP contribution in [0.5, 0.6) is 5.75 Å². The summed E-state index contributed by atoms with van der Waals surface area (Å²) in [6.45, 7) is 8.68. The van der Waals surface area contributed by atoms with E-state index in [4.69, 9.17) is 4.74 Å². The number of allylic oxidation sites excluding steroid dienone is 3. The van der Waals surface area contributed by atoms with Crippen molar-refractivity contribution in [3.05, 3.63) is 137 Å². The van der Waals surface area contributed by atoms with Crippen molar-refractivity contribution in [3.8, 4) is 5.75 Å². The van der Waals surface area contributed by atoms with Crippen LogP contribution in [-0.2, 0) is 0 Å². The zero-order valence-corrected chi connectivity index (χ0v) is 24.1. The number of methoxy groups -OCH3 is 1. The van der Waals surface area contributed by atoms with Crippen LogP contribution in [0.2, 0.25) is 0 Å². The standard InChI is InChI=1S/C34H36OP.ClH/c1-26(21-22-33-27(2)25-34(35-5)29(4)28(33)3)23-24-36(30-15-9-6-10-16-30,31-17-11-7-12-18-31)32-19-13-8-14-20-32;/h6-23,25H,24H2,1-5H3;1H/q+1;/p-1/b22-21?,26-23+;. The quantitative estimate of drug-likeness (QED) is 0.241. The lowest BCUT2D eigenvalue weighted by Crippen LogP contribution is -3.00. The molecular weight excluding hydrogens is 491 g/mol. The molecule has 190 valence electrons. The van der Waals surface area contributed by atoms with Crippen molar-refractivity contribution in [1.29, 1.82) is 0 Å². The van der Waals surface area contributed by atoms with Crippen LogP contribution in [0.1, 0.15) is 29.2 Å². The summed E-state index contributed by atoms with van der Waals surface area (Å²) in [6.07, 6.45) is 7.92. The Bertz CT molecular complexity index is 1260. The summed E-state index contributed by atoms with van der Waals surface area (Å²) in [5.41, 5.74) is 6.26. The summed E-state index contributed by atoms with van der Waals surface area (Å²) in [4.78, 5) is 0. The average Bonchev–Trinajstić information content (AvgIpc) is 2.93. The topological polar surface area (TPSA) is 9.23 Å². The minimum atomic E-state index is -1.87. The molecule has 0 saturated carbocycles. The summed E-state index contributed by atoms with van der Waals surface area (Å²) < 4.78 is 5.56. The molecule has 0 aliphatic rings. The molecular formula is C34H36ClOP. The maximum absolute atomic E-state index is 5.56. The Morgan fingerprint density at radius 3 is 1.62 bits per heavy atom. The van der Waals surface area contributed by atoms with Gasteiger partial charge in [0.25, 0.3) is 0 Å². The highest BCUT2D eigenvalue weighted by molar-refractivity contribution is 7.95. The Balaban J connectivity index is 0.00000380. The number of ether oxygens (including phenoxy) is 1. The van der Waals surface area contributed by atoms with Crippen LogP contribution in [-0.4, -0.2) is 13.3 Å². The van der Waals surface area contributed by atoms with Gasteiger partial charge in [-0.3, -0.25) is 0 Å². The van der Waals surface area contributed by atoms with Gasteiger partial charge < -0.3 is 17.1 Å². The summed E-state index contributed by atoms with van der Waals surface area (Å²) >= 11 is 0. The fourth-order valence-electron chi connectivity index (χ4n) is 4.91. The van der Waals surface area contributed by atoms with Crippen molar-refractivity contribution in [2.45, 2.75) is 27.7 Å². The van der Waals surface area contributed by atoms with E-state index in [-0.39, 0.29) is 12.4 Å². The predicted octanol–water partition coefficient (Wildman–Crippen LogP) is 4.58. The van der Waals surface area contributed by atoms with E-state index in [0.29, 0.717) is 0 Å². The lowest BCUT2D eigenvalue weighted by molar-refractivity contribution is -0.00000757. The molecule has 0 aliphatic heterocycles. The third-order valence-electron chi connectivity index (χ3n) is 7.12. The Morgan fingerprint density at radius 1 is 0.730 bits per heavy atom. The molecule has 0 N–H and O–H groups in total. The highest BCUT2D eigenvalue weighted by Gasteiger charge is 2.44. The summed E-state index contributed by atoms with van der Waals surface area (Å²) in [5, 5.41) is 4.23.